The van der Waals surface area contributed by atoms with E-state index < -0.39 is 6.89 Å². The van der Waals surface area contributed by atoms with Crippen LogP contribution in [0.5, 0.6) is 0 Å². The number of hydrogen-bond acceptors (Lipinski definition) is 0. The molecule has 0 aromatic heterocycles. The van der Waals surface area contributed by atoms with E-state index in [0.29, 0.717) is 0 Å². The van der Waals surface area contributed by atoms with Gasteiger partial charge in [-0.05, 0) is 20.0 Å². The van der Waals surface area contributed by atoms with Crippen LogP contribution in [0.3, 0.4) is 0 Å². The minimum Gasteiger partial charge on any atom is -0.123 e. The van der Waals surface area contributed by atoms with Crippen LogP contribution in [0.1, 0.15) is 0 Å². The Bertz CT molecular complexity index is 120. The van der Waals surface area contributed by atoms with Gasteiger partial charge in [0.15, 0.2) is 0 Å². The quantitative estimate of drug-likeness (QED) is 0.439. The molecule has 9 heavy (non-hydrogen) atoms. The minimum atomic E-state index is -0.584. The highest BCUT2D eigenvalue weighted by atomic mass is 31.2. The lowest BCUT2D eigenvalue weighted by atomic mass is 11.8. The summed E-state index contributed by atoms with van der Waals surface area (Å²) in [5.41, 5.74) is 0. The van der Waals surface area contributed by atoms with Crippen molar-refractivity contribution in [1.82, 2.24) is 0 Å². The molecule has 0 N–H and O–H groups in total. The zero-order valence-electron chi connectivity index (χ0n) is 6.95. The highest BCUT2D eigenvalue weighted by molar-refractivity contribution is 7.81. The van der Waals surface area contributed by atoms with Crippen LogP contribution in [0.2, 0.25) is 13.1 Å². The zero-order valence-corrected chi connectivity index (χ0v) is 9.84. The molecule has 0 nitrogen and oxygen atoms in total. The van der Waals surface area contributed by atoms with E-state index in [1.165, 1.54) is 0 Å². The fourth-order valence-corrected chi connectivity index (χ4v) is 7.16. The van der Waals surface area contributed by atoms with E-state index in [9.17, 15) is 0 Å². The van der Waals surface area contributed by atoms with Crippen molar-refractivity contribution in [1.29, 1.82) is 0 Å². The van der Waals surface area contributed by atoms with Gasteiger partial charge in [-0.25, -0.2) is 0 Å². The van der Waals surface area contributed by atoms with E-state index in [2.05, 4.69) is 33.1 Å². The average molecular weight is 174 g/mol. The van der Waals surface area contributed by atoms with Crippen molar-refractivity contribution in [3.05, 3.63) is 0 Å². The van der Waals surface area contributed by atoms with Gasteiger partial charge in [0.05, 0.1) is 19.0 Å². The van der Waals surface area contributed by atoms with Gasteiger partial charge in [-0.3, -0.25) is 0 Å². The molecule has 0 rings (SSSR count). The SMILES string of the molecule is C[Si]C([Si]C)=P(C)(C)C. The van der Waals surface area contributed by atoms with Crippen LogP contribution in [0, 0.1) is 0 Å². The molecular formula is C6H15PSi2. The van der Waals surface area contributed by atoms with Gasteiger partial charge in [0.1, 0.15) is 0 Å². The molecule has 0 spiro atoms. The van der Waals surface area contributed by atoms with Crippen molar-refractivity contribution in [3.8, 4) is 0 Å². The molecule has 0 saturated carbocycles. The summed E-state index contributed by atoms with van der Waals surface area (Å²) in [6.45, 7) is 11.3. The van der Waals surface area contributed by atoms with Crippen molar-refractivity contribution >= 4 is 30.5 Å². The van der Waals surface area contributed by atoms with Gasteiger partial charge in [0.25, 0.3) is 0 Å². The Morgan fingerprint density at radius 3 is 1.33 bits per heavy atom. The summed E-state index contributed by atoms with van der Waals surface area (Å²) >= 11 is 0. The second kappa shape index (κ2) is 3.79. The van der Waals surface area contributed by atoms with Gasteiger partial charge in [-0.2, -0.15) is 0 Å². The molecule has 4 radical (unpaired) electrons. The Morgan fingerprint density at radius 2 is 1.33 bits per heavy atom. The fourth-order valence-electron chi connectivity index (χ4n) is 0.796. The molecule has 0 aliphatic heterocycles. The second-order valence-electron chi connectivity index (χ2n) is 2.86. The first kappa shape index (κ1) is 9.73. The van der Waals surface area contributed by atoms with Crippen LogP contribution in [0.25, 0.3) is 0 Å². The highest BCUT2D eigenvalue weighted by Gasteiger charge is 2.01. The molecule has 0 amide bonds. The lowest BCUT2D eigenvalue weighted by Crippen LogP contribution is -2.13. The van der Waals surface area contributed by atoms with Crippen LogP contribution in [-0.2, 0) is 0 Å². The van der Waals surface area contributed by atoms with Gasteiger partial charge < -0.3 is 0 Å². The van der Waals surface area contributed by atoms with Crippen LogP contribution < -0.4 is 0 Å². The molecule has 0 aromatic rings. The van der Waals surface area contributed by atoms with Crippen molar-refractivity contribution in [2.45, 2.75) is 13.1 Å². The van der Waals surface area contributed by atoms with Crippen molar-refractivity contribution in [2.75, 3.05) is 20.0 Å². The van der Waals surface area contributed by atoms with Crippen molar-refractivity contribution < 1.29 is 0 Å². The maximum Gasteiger partial charge on any atom is 0.0655 e. The molecule has 0 unspecified atom stereocenters. The standard InChI is InChI=1S/C6H15PSi2/c1-7(2,3)6(8-4)9-5/h1-5H3. The zero-order chi connectivity index (χ0) is 7.49. The normalized spacial score (nSPS) is 11.7. The monoisotopic (exact) mass is 174 g/mol. The summed E-state index contributed by atoms with van der Waals surface area (Å²) in [7, 11) is 2.16. The van der Waals surface area contributed by atoms with Crippen LogP contribution in [0.15, 0.2) is 0 Å². The third kappa shape index (κ3) is 3.44. The number of hydrogen-bond donors (Lipinski definition) is 0. The van der Waals surface area contributed by atoms with E-state index in [0.717, 1.165) is 19.0 Å². The largest absolute Gasteiger partial charge is 0.123 e. The number of rotatable bonds is 2. The first-order valence-corrected chi connectivity index (χ1v) is 9.20. The molecule has 0 aliphatic rings. The maximum atomic E-state index is 2.41. The van der Waals surface area contributed by atoms with E-state index >= 15 is 0 Å². The Morgan fingerprint density at radius 1 is 1.00 bits per heavy atom. The van der Waals surface area contributed by atoms with Gasteiger partial charge in [0.2, 0.25) is 0 Å². The third-order valence-corrected chi connectivity index (χ3v) is 10.3. The van der Waals surface area contributed by atoms with Gasteiger partial charge in [0, 0.05) is 0 Å². The highest BCUT2D eigenvalue weighted by Crippen LogP contribution is 2.34. The summed E-state index contributed by atoms with van der Waals surface area (Å²) in [6, 6.07) is 0. The third-order valence-electron chi connectivity index (χ3n) is 1.14. The van der Waals surface area contributed by atoms with Gasteiger partial charge >= 0.3 is 0 Å². The lowest BCUT2D eigenvalue weighted by Gasteiger charge is -2.13. The molecule has 3 heteroatoms. The second-order valence-corrected chi connectivity index (χ2v) is 10.7. The topological polar surface area (TPSA) is 0 Å². The molecule has 0 atom stereocenters. The summed E-state index contributed by atoms with van der Waals surface area (Å²) < 4.78 is 1.84. The fraction of sp³-hybridized carbons (Fsp3) is 0.833. The van der Waals surface area contributed by atoms with Crippen LogP contribution >= 0.6 is 6.89 Å². The summed E-state index contributed by atoms with van der Waals surface area (Å²) in [5.74, 6) is 0. The van der Waals surface area contributed by atoms with E-state index in [1.54, 1.807) is 0 Å². The smallest absolute Gasteiger partial charge is 0.0655 e. The predicted molar refractivity (Wildman–Crippen MR) is 52.9 cm³/mol. The van der Waals surface area contributed by atoms with Gasteiger partial charge in [-0.15, -0.1) is 11.4 Å². The Hall–Kier alpha value is 0.734. The van der Waals surface area contributed by atoms with E-state index in [1.807, 2.05) is 4.54 Å². The maximum absolute atomic E-state index is 2.41. The molecule has 0 saturated heterocycles. The molecule has 0 heterocycles. The molecule has 0 aliphatic carbocycles. The van der Waals surface area contributed by atoms with Crippen LogP contribution in [0.4, 0.5) is 0 Å². The van der Waals surface area contributed by atoms with Crippen molar-refractivity contribution in [2.24, 2.45) is 0 Å². The molecule has 0 fully saturated rings. The summed E-state index contributed by atoms with van der Waals surface area (Å²) in [6.07, 6.45) is 0. The first-order valence-electron chi connectivity index (χ1n) is 3.07. The molecule has 52 valence electrons. The Labute approximate surface area is 64.1 Å². The molecule has 0 bridgehead atoms. The Balaban J connectivity index is 4.40. The van der Waals surface area contributed by atoms with Gasteiger partial charge in [-0.1, -0.05) is 13.1 Å². The van der Waals surface area contributed by atoms with E-state index in [-0.39, 0.29) is 0 Å². The lowest BCUT2D eigenvalue weighted by molar-refractivity contribution is 2.10. The molecule has 0 aromatic carbocycles. The predicted octanol–water partition coefficient (Wildman–Crippen LogP) is 1.49. The van der Waals surface area contributed by atoms with E-state index in [4.69, 9.17) is 0 Å². The molecular weight excluding hydrogens is 159 g/mol. The summed E-state index contributed by atoms with van der Waals surface area (Å²) in [5, 5.41) is 0. The van der Waals surface area contributed by atoms with Crippen molar-refractivity contribution in [3.63, 3.8) is 0 Å². The Kier molecular flexibility index (Phi) is 4.10. The average Bonchev–Trinajstić information content (AvgIpc) is 1.65. The van der Waals surface area contributed by atoms with Crippen LogP contribution in [-0.4, -0.2) is 43.6 Å². The minimum absolute atomic E-state index is 0.584. The first-order chi connectivity index (χ1) is 4.02. The summed E-state index contributed by atoms with van der Waals surface area (Å²) in [4.78, 5) is 0.